The number of nitro groups is 1. The van der Waals surface area contributed by atoms with E-state index < -0.39 is 16.4 Å². The van der Waals surface area contributed by atoms with Crippen LogP contribution in [0.2, 0.25) is 5.02 Å². The van der Waals surface area contributed by atoms with E-state index in [1.54, 1.807) is 30.3 Å². The van der Waals surface area contributed by atoms with Crippen molar-refractivity contribution in [2.24, 2.45) is 10.2 Å². The first kappa shape index (κ1) is 18.3. The molecule has 0 unspecified atom stereocenters. The Kier molecular flexibility index (Phi) is 5.00. The molecule has 1 aliphatic rings. The Morgan fingerprint density at radius 1 is 1.30 bits per heavy atom. The molecule has 0 aliphatic carbocycles. The molecular weight excluding hydrogens is 372 g/mol. The van der Waals surface area contributed by atoms with Gasteiger partial charge in [-0.2, -0.15) is 5.10 Å². The van der Waals surface area contributed by atoms with Crippen molar-refractivity contribution in [3.63, 3.8) is 0 Å². The van der Waals surface area contributed by atoms with Crippen LogP contribution in [-0.2, 0) is 4.79 Å². The van der Waals surface area contributed by atoms with Gasteiger partial charge in [-0.1, -0.05) is 35.9 Å². The lowest BCUT2D eigenvalue weighted by molar-refractivity contribution is -0.398. The van der Waals surface area contributed by atoms with Gasteiger partial charge in [0.1, 0.15) is 0 Å². The van der Waals surface area contributed by atoms with E-state index >= 15 is 0 Å². The van der Waals surface area contributed by atoms with Crippen LogP contribution in [0, 0.1) is 10.1 Å². The van der Waals surface area contributed by atoms with Gasteiger partial charge in [-0.3, -0.25) is 14.9 Å². The normalized spacial score (nSPS) is 14.8. The number of nitrogens with zero attached hydrogens (tertiary/aromatic N) is 4. The molecule has 0 saturated carbocycles. The van der Waals surface area contributed by atoms with Gasteiger partial charge in [-0.15, -0.1) is 11.7 Å². The van der Waals surface area contributed by atoms with Crippen LogP contribution in [0.5, 0.6) is 5.75 Å². The summed E-state index contributed by atoms with van der Waals surface area (Å²) in [6, 6.07) is 9.28. The third kappa shape index (κ3) is 3.42. The Bertz CT molecular complexity index is 1020. The molecule has 1 amide bonds. The summed E-state index contributed by atoms with van der Waals surface area (Å²) >= 11 is 5.81. The summed E-state index contributed by atoms with van der Waals surface area (Å²) in [6.45, 7) is 3.94. The van der Waals surface area contributed by atoms with Gasteiger partial charge in [-0.25, -0.2) is 0 Å². The summed E-state index contributed by atoms with van der Waals surface area (Å²) in [5.41, 5.74) is 0.629. The SMILES string of the molecule is C=CCN1C(=O)/C(=N\N=C/c2cc(Cl)cc([N+](=O)[O-])c2[O-])c2ccccc21. The molecule has 8 nitrogen and oxygen atoms in total. The predicted molar refractivity (Wildman–Crippen MR) is 101 cm³/mol. The highest BCUT2D eigenvalue weighted by Crippen LogP contribution is 2.31. The van der Waals surface area contributed by atoms with Crippen molar-refractivity contribution in [1.82, 2.24) is 0 Å². The van der Waals surface area contributed by atoms with Crippen LogP contribution in [-0.4, -0.2) is 29.3 Å². The number of para-hydroxylation sites is 1. The second kappa shape index (κ2) is 7.38. The number of amides is 1. The molecule has 9 heteroatoms. The number of carbonyl (C=O) groups excluding carboxylic acids is 1. The number of hydrogen-bond acceptors (Lipinski definition) is 6. The zero-order chi connectivity index (χ0) is 19.6. The topological polar surface area (TPSA) is 111 Å². The minimum atomic E-state index is -0.834. The van der Waals surface area contributed by atoms with Gasteiger partial charge in [0.2, 0.25) is 0 Å². The van der Waals surface area contributed by atoms with Crippen LogP contribution in [0.15, 0.2) is 59.3 Å². The van der Waals surface area contributed by atoms with Crippen molar-refractivity contribution in [2.45, 2.75) is 0 Å². The Labute approximate surface area is 158 Å². The summed E-state index contributed by atoms with van der Waals surface area (Å²) in [4.78, 5) is 24.1. The zero-order valence-electron chi connectivity index (χ0n) is 13.8. The molecule has 0 fully saturated rings. The van der Waals surface area contributed by atoms with Crippen LogP contribution >= 0.6 is 11.6 Å². The van der Waals surface area contributed by atoms with Crippen LogP contribution in [0.25, 0.3) is 0 Å². The second-order valence-electron chi connectivity index (χ2n) is 5.52. The molecule has 2 aromatic rings. The second-order valence-corrected chi connectivity index (χ2v) is 5.95. The molecule has 1 heterocycles. The Balaban J connectivity index is 1.98. The smallest absolute Gasteiger partial charge is 0.279 e. The van der Waals surface area contributed by atoms with Gasteiger partial charge < -0.3 is 10.0 Å². The summed E-state index contributed by atoms with van der Waals surface area (Å²) < 4.78 is 0. The molecule has 136 valence electrons. The number of rotatable bonds is 5. The van der Waals surface area contributed by atoms with E-state index in [4.69, 9.17) is 11.6 Å². The van der Waals surface area contributed by atoms with Gasteiger partial charge in [0.25, 0.3) is 11.6 Å². The molecule has 0 aromatic heterocycles. The minimum absolute atomic E-state index is 0.0230. The maximum atomic E-state index is 12.6. The van der Waals surface area contributed by atoms with Crippen molar-refractivity contribution in [1.29, 1.82) is 0 Å². The maximum Gasteiger partial charge on any atom is 0.279 e. The molecule has 0 saturated heterocycles. The Hall–Kier alpha value is -3.52. The molecular formula is C18H12ClN4O4-. The molecule has 27 heavy (non-hydrogen) atoms. The summed E-state index contributed by atoms with van der Waals surface area (Å²) in [5.74, 6) is -1.19. The lowest BCUT2D eigenvalue weighted by atomic mass is 10.1. The summed E-state index contributed by atoms with van der Waals surface area (Å²) in [6.07, 6.45) is 2.63. The highest BCUT2D eigenvalue weighted by Gasteiger charge is 2.32. The van der Waals surface area contributed by atoms with E-state index in [1.165, 1.54) is 11.0 Å². The van der Waals surface area contributed by atoms with Gasteiger partial charge in [0.15, 0.2) is 5.71 Å². The number of hydrogen-bond donors (Lipinski definition) is 0. The molecule has 0 bridgehead atoms. The van der Waals surface area contributed by atoms with Crippen molar-refractivity contribution in [3.8, 4) is 5.75 Å². The first-order valence-corrected chi connectivity index (χ1v) is 8.10. The Morgan fingerprint density at radius 3 is 2.74 bits per heavy atom. The fourth-order valence-electron chi connectivity index (χ4n) is 2.65. The van der Waals surface area contributed by atoms with E-state index in [-0.39, 0.29) is 22.2 Å². The van der Waals surface area contributed by atoms with Crippen molar-refractivity contribution < 1.29 is 14.8 Å². The molecule has 3 rings (SSSR count). The third-order valence-corrected chi connectivity index (χ3v) is 4.04. The van der Waals surface area contributed by atoms with Crippen LogP contribution in [0.4, 0.5) is 11.4 Å². The van der Waals surface area contributed by atoms with Gasteiger partial charge in [0.05, 0.1) is 16.8 Å². The van der Waals surface area contributed by atoms with E-state index in [1.807, 2.05) is 0 Å². The number of nitro benzene ring substituents is 1. The first-order chi connectivity index (χ1) is 12.9. The zero-order valence-corrected chi connectivity index (χ0v) is 14.6. The lowest BCUT2D eigenvalue weighted by Crippen LogP contribution is -2.30. The predicted octanol–water partition coefficient (Wildman–Crippen LogP) is 2.68. The van der Waals surface area contributed by atoms with Crippen LogP contribution in [0.3, 0.4) is 0 Å². The molecule has 0 N–H and O–H groups in total. The molecule has 0 radical (unpaired) electrons. The van der Waals surface area contributed by atoms with Gasteiger partial charge in [-0.05, 0) is 23.4 Å². The van der Waals surface area contributed by atoms with E-state index in [9.17, 15) is 20.0 Å². The number of anilines is 1. The average molecular weight is 384 g/mol. The van der Waals surface area contributed by atoms with Crippen molar-refractivity contribution in [3.05, 3.63) is 75.3 Å². The van der Waals surface area contributed by atoms with Crippen molar-refractivity contribution in [2.75, 3.05) is 11.4 Å². The standard InChI is InChI=1S/C18H13ClN4O4/c1-2-7-22-14-6-4-3-5-13(14)16(18(22)25)21-20-10-11-8-12(19)9-15(17(11)24)23(26)27/h2-6,8-10,24H,1,7H2/p-1/b20-10-,21-16-. The highest BCUT2D eigenvalue weighted by molar-refractivity contribution is 6.54. The summed E-state index contributed by atoms with van der Waals surface area (Å²) in [5, 5.41) is 30.7. The molecule has 0 atom stereocenters. The van der Waals surface area contributed by atoms with Crippen molar-refractivity contribution >= 4 is 40.8 Å². The summed E-state index contributed by atoms with van der Waals surface area (Å²) in [7, 11) is 0. The number of halogens is 1. The number of benzene rings is 2. The first-order valence-electron chi connectivity index (χ1n) is 7.72. The van der Waals surface area contributed by atoms with Gasteiger partial charge >= 0.3 is 0 Å². The van der Waals surface area contributed by atoms with Crippen LogP contribution in [0.1, 0.15) is 11.1 Å². The quantitative estimate of drug-likeness (QED) is 0.342. The average Bonchev–Trinajstić information content (AvgIpc) is 2.90. The fraction of sp³-hybridized carbons (Fsp3) is 0.0556. The van der Waals surface area contributed by atoms with E-state index in [0.717, 1.165) is 12.3 Å². The maximum absolute atomic E-state index is 12.6. The third-order valence-electron chi connectivity index (χ3n) is 3.82. The Morgan fingerprint density at radius 2 is 2.04 bits per heavy atom. The largest absolute Gasteiger partial charge is 0.867 e. The van der Waals surface area contributed by atoms with Crippen LogP contribution < -0.4 is 10.0 Å². The molecule has 1 aliphatic heterocycles. The minimum Gasteiger partial charge on any atom is -0.867 e. The van der Waals surface area contributed by atoms with E-state index in [2.05, 4.69) is 16.8 Å². The molecule has 2 aromatic carbocycles. The number of fused-ring (bicyclic) bond motifs is 1. The van der Waals surface area contributed by atoms with E-state index in [0.29, 0.717) is 17.8 Å². The van der Waals surface area contributed by atoms with Gasteiger partial charge in [0, 0.05) is 23.2 Å². The fourth-order valence-corrected chi connectivity index (χ4v) is 2.87. The lowest BCUT2D eigenvalue weighted by Gasteiger charge is -2.13. The molecule has 0 spiro atoms. The number of carbonyl (C=O) groups is 1. The monoisotopic (exact) mass is 383 g/mol. The highest BCUT2D eigenvalue weighted by atomic mass is 35.5.